The normalized spacial score (nSPS) is 11.6. The second-order valence-electron chi connectivity index (χ2n) is 2.78. The van der Waals surface area contributed by atoms with Crippen molar-refractivity contribution in [2.45, 2.75) is 5.75 Å². The molecule has 0 bridgehead atoms. The third-order valence-electron chi connectivity index (χ3n) is 1.45. The quantitative estimate of drug-likeness (QED) is 0.781. The van der Waals surface area contributed by atoms with Crippen molar-refractivity contribution in [2.24, 2.45) is 0 Å². The van der Waals surface area contributed by atoms with Gasteiger partial charge in [-0.2, -0.15) is 0 Å². The van der Waals surface area contributed by atoms with Crippen LogP contribution >= 0.6 is 34.2 Å². The fraction of sp³-hybridized carbons (Fsp3) is 0.250. The zero-order valence-corrected chi connectivity index (χ0v) is 10.6. The lowest BCUT2D eigenvalue weighted by atomic mass is 10.2. The first-order valence-corrected chi connectivity index (χ1v) is 7.02. The van der Waals surface area contributed by atoms with Gasteiger partial charge in [0.05, 0.1) is 10.8 Å². The van der Waals surface area contributed by atoms with E-state index in [2.05, 4.69) is 22.6 Å². The molecule has 0 aliphatic heterocycles. The van der Waals surface area contributed by atoms with Gasteiger partial charge in [-0.1, -0.05) is 23.7 Å². The van der Waals surface area contributed by atoms with Crippen LogP contribution in [0.25, 0.3) is 0 Å². The molecule has 0 aliphatic rings. The topological polar surface area (TPSA) is 34.1 Å². The molecule has 0 radical (unpaired) electrons. The Balaban J connectivity index is 3.10. The molecule has 0 spiro atoms. The van der Waals surface area contributed by atoms with Gasteiger partial charge in [0.15, 0.2) is 9.84 Å². The van der Waals surface area contributed by atoms with Gasteiger partial charge in [0.25, 0.3) is 0 Å². The summed E-state index contributed by atoms with van der Waals surface area (Å²) in [5, 5.41) is 0.536. The van der Waals surface area contributed by atoms with E-state index in [1.165, 1.54) is 6.26 Å². The number of rotatable bonds is 2. The zero-order valence-electron chi connectivity index (χ0n) is 6.92. The van der Waals surface area contributed by atoms with Gasteiger partial charge in [0.2, 0.25) is 0 Å². The van der Waals surface area contributed by atoms with E-state index >= 15 is 0 Å². The fourth-order valence-electron chi connectivity index (χ4n) is 0.942. The number of benzene rings is 1. The monoisotopic (exact) mass is 330 g/mol. The lowest BCUT2D eigenvalue weighted by molar-refractivity contribution is 0.601. The average molecular weight is 331 g/mol. The molecule has 0 N–H and O–H groups in total. The van der Waals surface area contributed by atoms with Crippen molar-refractivity contribution in [3.63, 3.8) is 0 Å². The summed E-state index contributed by atoms with van der Waals surface area (Å²) in [4.78, 5) is 0. The van der Waals surface area contributed by atoms with Crippen LogP contribution in [0, 0.1) is 3.57 Å². The predicted molar refractivity (Wildman–Crippen MR) is 62.7 cm³/mol. The molecule has 1 aromatic carbocycles. The van der Waals surface area contributed by atoms with E-state index in [0.29, 0.717) is 10.6 Å². The Morgan fingerprint density at radius 2 is 2.08 bits per heavy atom. The molecule has 0 atom stereocenters. The highest BCUT2D eigenvalue weighted by atomic mass is 127. The highest BCUT2D eigenvalue weighted by Crippen LogP contribution is 2.23. The van der Waals surface area contributed by atoms with Crippen LogP contribution in [0.5, 0.6) is 0 Å². The highest BCUT2D eigenvalue weighted by molar-refractivity contribution is 14.1. The van der Waals surface area contributed by atoms with Gasteiger partial charge in [0, 0.05) is 9.83 Å². The Kier molecular flexibility index (Phi) is 3.59. The molecule has 13 heavy (non-hydrogen) atoms. The van der Waals surface area contributed by atoms with Crippen LogP contribution in [-0.4, -0.2) is 14.7 Å². The molecule has 0 aromatic heterocycles. The predicted octanol–water partition coefficient (Wildman–Crippen LogP) is 2.49. The van der Waals surface area contributed by atoms with E-state index in [4.69, 9.17) is 11.6 Å². The van der Waals surface area contributed by atoms with Crippen LogP contribution < -0.4 is 0 Å². The van der Waals surface area contributed by atoms with Crippen molar-refractivity contribution in [2.75, 3.05) is 6.26 Å². The van der Waals surface area contributed by atoms with E-state index in [-0.39, 0.29) is 5.75 Å². The molecule has 1 aromatic rings. The molecular weight excluding hydrogens is 323 g/mol. The van der Waals surface area contributed by atoms with Gasteiger partial charge in [-0.3, -0.25) is 0 Å². The van der Waals surface area contributed by atoms with E-state index in [1.807, 2.05) is 6.07 Å². The van der Waals surface area contributed by atoms with Crippen molar-refractivity contribution < 1.29 is 8.42 Å². The summed E-state index contributed by atoms with van der Waals surface area (Å²) in [7, 11) is -3.00. The molecule has 0 amide bonds. The molecule has 72 valence electrons. The lowest BCUT2D eigenvalue weighted by Crippen LogP contribution is -2.01. The SMILES string of the molecule is CS(=O)(=O)Cc1cccc(I)c1Cl. The largest absolute Gasteiger partial charge is 0.229 e. The van der Waals surface area contributed by atoms with E-state index < -0.39 is 9.84 Å². The highest BCUT2D eigenvalue weighted by Gasteiger charge is 2.09. The summed E-state index contributed by atoms with van der Waals surface area (Å²) >= 11 is 8.00. The average Bonchev–Trinajstić information content (AvgIpc) is 1.96. The third kappa shape index (κ3) is 3.44. The van der Waals surface area contributed by atoms with Crippen LogP contribution in [0.4, 0.5) is 0 Å². The Bertz CT molecular complexity index is 414. The number of sulfone groups is 1. The number of hydrogen-bond donors (Lipinski definition) is 0. The van der Waals surface area contributed by atoms with Crippen LogP contribution in [0.15, 0.2) is 18.2 Å². The van der Waals surface area contributed by atoms with Crippen molar-refractivity contribution in [3.05, 3.63) is 32.4 Å². The smallest absolute Gasteiger partial charge is 0.151 e. The molecule has 0 saturated heterocycles. The molecule has 1 rings (SSSR count). The second kappa shape index (κ2) is 4.14. The summed E-state index contributed by atoms with van der Waals surface area (Å²) in [5.41, 5.74) is 0.663. The first-order chi connectivity index (χ1) is 5.90. The van der Waals surface area contributed by atoms with Gasteiger partial charge < -0.3 is 0 Å². The molecule has 5 heteroatoms. The van der Waals surface area contributed by atoms with Gasteiger partial charge in [-0.05, 0) is 34.2 Å². The molecule has 0 heterocycles. The summed E-state index contributed by atoms with van der Waals surface area (Å²) < 4.78 is 22.9. The van der Waals surface area contributed by atoms with Gasteiger partial charge >= 0.3 is 0 Å². The Morgan fingerprint density at radius 1 is 1.46 bits per heavy atom. The summed E-state index contributed by atoms with van der Waals surface area (Å²) in [6.07, 6.45) is 1.20. The summed E-state index contributed by atoms with van der Waals surface area (Å²) in [5.74, 6) is 0.00265. The minimum absolute atomic E-state index is 0.00265. The summed E-state index contributed by atoms with van der Waals surface area (Å²) in [6.45, 7) is 0. The molecule has 0 fully saturated rings. The first-order valence-electron chi connectivity index (χ1n) is 3.51. The number of halogens is 2. The van der Waals surface area contributed by atoms with Crippen molar-refractivity contribution >= 4 is 44.0 Å². The van der Waals surface area contributed by atoms with Gasteiger partial charge in [-0.15, -0.1) is 0 Å². The van der Waals surface area contributed by atoms with E-state index in [0.717, 1.165) is 3.57 Å². The Morgan fingerprint density at radius 3 is 2.62 bits per heavy atom. The van der Waals surface area contributed by atoms with Crippen molar-refractivity contribution in [1.29, 1.82) is 0 Å². The van der Waals surface area contributed by atoms with E-state index in [9.17, 15) is 8.42 Å². The van der Waals surface area contributed by atoms with Gasteiger partial charge in [-0.25, -0.2) is 8.42 Å². The molecular formula is C8H8ClIO2S. The second-order valence-corrected chi connectivity index (χ2v) is 6.46. The molecule has 0 unspecified atom stereocenters. The maximum atomic E-state index is 11.0. The number of hydrogen-bond acceptors (Lipinski definition) is 2. The first kappa shape index (κ1) is 11.3. The molecule has 2 nitrogen and oxygen atoms in total. The van der Waals surface area contributed by atoms with Gasteiger partial charge in [0.1, 0.15) is 0 Å². The van der Waals surface area contributed by atoms with E-state index in [1.54, 1.807) is 12.1 Å². The molecule has 0 saturated carbocycles. The maximum Gasteiger partial charge on any atom is 0.151 e. The molecule has 0 aliphatic carbocycles. The third-order valence-corrected chi connectivity index (χ3v) is 3.95. The van der Waals surface area contributed by atoms with Crippen molar-refractivity contribution in [3.8, 4) is 0 Å². The Hall–Kier alpha value is 0.190. The van der Waals surface area contributed by atoms with Crippen LogP contribution in [0.1, 0.15) is 5.56 Å². The standard InChI is InChI=1S/C8H8ClIO2S/c1-13(11,12)5-6-3-2-4-7(10)8(6)9/h2-4H,5H2,1H3. The van der Waals surface area contributed by atoms with Crippen molar-refractivity contribution in [1.82, 2.24) is 0 Å². The minimum atomic E-state index is -3.00. The van der Waals surface area contributed by atoms with Crippen LogP contribution in [-0.2, 0) is 15.6 Å². The fourth-order valence-corrected chi connectivity index (χ4v) is 2.57. The zero-order chi connectivity index (χ0) is 10.1. The van der Waals surface area contributed by atoms with Crippen LogP contribution in [0.3, 0.4) is 0 Å². The summed E-state index contributed by atoms with van der Waals surface area (Å²) in [6, 6.07) is 5.37. The lowest BCUT2D eigenvalue weighted by Gasteiger charge is -2.03. The minimum Gasteiger partial charge on any atom is -0.229 e. The van der Waals surface area contributed by atoms with Crippen LogP contribution in [0.2, 0.25) is 5.02 Å². The maximum absolute atomic E-state index is 11.0. The Labute approximate surface area is 96.4 Å².